The Bertz CT molecular complexity index is 693. The van der Waals surface area contributed by atoms with Crippen LogP contribution in [0.3, 0.4) is 0 Å². The first-order chi connectivity index (χ1) is 9.83. The number of aromatic nitrogens is 1. The minimum atomic E-state index is 0.907. The molecule has 1 nitrogen and oxygen atoms in total. The van der Waals surface area contributed by atoms with Crippen LogP contribution in [0.5, 0.6) is 0 Å². The summed E-state index contributed by atoms with van der Waals surface area (Å²) in [6.07, 6.45) is 2.80. The molecule has 0 fully saturated rings. The van der Waals surface area contributed by atoms with Crippen molar-refractivity contribution in [3.63, 3.8) is 0 Å². The van der Waals surface area contributed by atoms with Crippen molar-refractivity contribution in [3.8, 4) is 11.3 Å². The van der Waals surface area contributed by atoms with E-state index < -0.39 is 0 Å². The summed E-state index contributed by atoms with van der Waals surface area (Å²) in [4.78, 5) is 4.50. The predicted octanol–water partition coefficient (Wildman–Crippen LogP) is 5.10. The molecule has 1 aromatic heterocycles. The van der Waals surface area contributed by atoms with E-state index >= 15 is 0 Å². The average molecular weight is 324 g/mol. The van der Waals surface area contributed by atoms with Crippen molar-refractivity contribution in [1.29, 1.82) is 0 Å². The lowest BCUT2D eigenvalue weighted by Gasteiger charge is -2.08. The Hall–Kier alpha value is -1.93. The zero-order valence-corrected chi connectivity index (χ0v) is 12.5. The van der Waals surface area contributed by atoms with Crippen LogP contribution >= 0.6 is 15.9 Å². The van der Waals surface area contributed by atoms with Gasteiger partial charge >= 0.3 is 0 Å². The van der Waals surface area contributed by atoms with E-state index in [2.05, 4.69) is 63.4 Å². The fraction of sp³-hybridized carbons (Fsp3) is 0.0556. The van der Waals surface area contributed by atoms with Crippen molar-refractivity contribution >= 4 is 15.9 Å². The monoisotopic (exact) mass is 323 g/mol. The molecule has 2 aromatic carbocycles. The highest BCUT2D eigenvalue weighted by Crippen LogP contribution is 2.24. The first-order valence-electron chi connectivity index (χ1n) is 6.57. The van der Waals surface area contributed by atoms with Gasteiger partial charge in [-0.15, -0.1) is 0 Å². The van der Waals surface area contributed by atoms with Gasteiger partial charge in [0.25, 0.3) is 0 Å². The lowest BCUT2D eigenvalue weighted by molar-refractivity contribution is 1.15. The van der Waals surface area contributed by atoms with Crippen molar-refractivity contribution in [2.75, 3.05) is 0 Å². The Labute approximate surface area is 127 Å². The Kier molecular flexibility index (Phi) is 3.93. The van der Waals surface area contributed by atoms with Gasteiger partial charge in [0.15, 0.2) is 0 Å². The van der Waals surface area contributed by atoms with Crippen molar-refractivity contribution < 1.29 is 0 Å². The number of pyridine rings is 1. The third kappa shape index (κ3) is 2.97. The van der Waals surface area contributed by atoms with Crippen LogP contribution in [0.1, 0.15) is 11.1 Å². The van der Waals surface area contributed by atoms with Gasteiger partial charge in [-0.3, -0.25) is 4.98 Å². The third-order valence-electron chi connectivity index (χ3n) is 3.24. The Morgan fingerprint density at radius 2 is 1.50 bits per heavy atom. The van der Waals surface area contributed by atoms with Gasteiger partial charge in [0.05, 0.1) is 5.69 Å². The molecule has 98 valence electrons. The lowest BCUT2D eigenvalue weighted by Crippen LogP contribution is -1.93. The maximum atomic E-state index is 4.50. The Morgan fingerprint density at radius 1 is 0.850 bits per heavy atom. The number of rotatable bonds is 3. The molecule has 0 spiro atoms. The smallest absolute Gasteiger partial charge is 0.0705 e. The first kappa shape index (κ1) is 13.1. The third-order valence-corrected chi connectivity index (χ3v) is 3.96. The summed E-state index contributed by atoms with van der Waals surface area (Å²) in [6.45, 7) is 0. The van der Waals surface area contributed by atoms with E-state index in [9.17, 15) is 0 Å². The number of nitrogens with zero attached hydrogens (tertiary/aromatic N) is 1. The van der Waals surface area contributed by atoms with E-state index in [0.717, 1.165) is 22.2 Å². The molecule has 0 aliphatic rings. The molecule has 0 aliphatic heterocycles. The Morgan fingerprint density at radius 3 is 2.20 bits per heavy atom. The fourth-order valence-corrected chi connectivity index (χ4v) is 2.56. The van der Waals surface area contributed by atoms with Crippen molar-refractivity contribution in [2.24, 2.45) is 0 Å². The maximum Gasteiger partial charge on any atom is 0.0705 e. The second-order valence-corrected chi connectivity index (χ2v) is 5.54. The molecule has 0 N–H and O–H groups in total. The van der Waals surface area contributed by atoms with E-state index in [-0.39, 0.29) is 0 Å². The molecule has 0 bridgehead atoms. The first-order valence-corrected chi connectivity index (χ1v) is 7.36. The highest BCUT2D eigenvalue weighted by atomic mass is 79.9. The van der Waals surface area contributed by atoms with Gasteiger partial charge in [-0.1, -0.05) is 60.7 Å². The second kappa shape index (κ2) is 6.02. The minimum absolute atomic E-state index is 0.907. The van der Waals surface area contributed by atoms with Gasteiger partial charge < -0.3 is 0 Å². The van der Waals surface area contributed by atoms with Crippen LogP contribution in [-0.2, 0) is 6.42 Å². The lowest BCUT2D eigenvalue weighted by atomic mass is 10.0. The zero-order chi connectivity index (χ0) is 13.8. The molecule has 2 heteroatoms. The molecule has 3 aromatic rings. The van der Waals surface area contributed by atoms with Gasteiger partial charge in [-0.2, -0.15) is 0 Å². The molecule has 20 heavy (non-hydrogen) atoms. The summed E-state index contributed by atoms with van der Waals surface area (Å²) in [5.41, 5.74) is 4.72. The van der Waals surface area contributed by atoms with Crippen LogP contribution in [0, 0.1) is 0 Å². The summed E-state index contributed by atoms with van der Waals surface area (Å²) < 4.78 is 1.06. The molecule has 0 amide bonds. The van der Waals surface area contributed by atoms with Gasteiger partial charge in [0.2, 0.25) is 0 Å². The molecular weight excluding hydrogens is 310 g/mol. The van der Waals surface area contributed by atoms with E-state index in [1.54, 1.807) is 0 Å². The van der Waals surface area contributed by atoms with Gasteiger partial charge in [0.1, 0.15) is 0 Å². The highest BCUT2D eigenvalue weighted by Gasteiger charge is 2.05. The maximum absolute atomic E-state index is 4.50. The van der Waals surface area contributed by atoms with E-state index in [1.165, 1.54) is 11.1 Å². The van der Waals surface area contributed by atoms with Crippen molar-refractivity contribution in [3.05, 3.63) is 88.5 Å². The van der Waals surface area contributed by atoms with E-state index in [0.29, 0.717) is 0 Å². The molecule has 1 heterocycles. The molecule has 0 unspecified atom stereocenters. The normalized spacial score (nSPS) is 10.4. The number of hydrogen-bond donors (Lipinski definition) is 0. The van der Waals surface area contributed by atoms with Crippen LogP contribution in [0.15, 0.2) is 77.4 Å². The molecule has 0 saturated carbocycles. The number of hydrogen-bond acceptors (Lipinski definition) is 1. The fourth-order valence-electron chi connectivity index (χ4n) is 2.20. The summed E-state index contributed by atoms with van der Waals surface area (Å²) in [7, 11) is 0. The van der Waals surface area contributed by atoms with Gasteiger partial charge in [-0.05, 0) is 39.5 Å². The largest absolute Gasteiger partial charge is 0.255 e. The highest BCUT2D eigenvalue weighted by molar-refractivity contribution is 9.10. The average Bonchev–Trinajstić information content (AvgIpc) is 2.51. The van der Waals surface area contributed by atoms with Crippen LogP contribution in [0.25, 0.3) is 11.3 Å². The predicted molar refractivity (Wildman–Crippen MR) is 86.6 cm³/mol. The number of benzene rings is 2. The summed E-state index contributed by atoms with van der Waals surface area (Å²) in [5, 5.41) is 0. The quantitative estimate of drug-likeness (QED) is 0.653. The second-order valence-electron chi connectivity index (χ2n) is 4.69. The van der Waals surface area contributed by atoms with Crippen molar-refractivity contribution in [2.45, 2.75) is 6.42 Å². The summed E-state index contributed by atoms with van der Waals surface area (Å²) >= 11 is 3.60. The molecule has 0 radical (unpaired) electrons. The molecule has 0 atom stereocenters. The van der Waals surface area contributed by atoms with Crippen molar-refractivity contribution in [1.82, 2.24) is 4.98 Å². The standard InChI is InChI=1S/C18H14BrN/c19-17-13-20-18(15-9-5-2-6-10-15)12-16(17)11-14-7-3-1-4-8-14/h1-10,12-13H,11H2. The van der Waals surface area contributed by atoms with Crippen LogP contribution in [0.2, 0.25) is 0 Å². The SMILES string of the molecule is Brc1cnc(-c2ccccc2)cc1Cc1ccccc1. The van der Waals surface area contributed by atoms with E-state index in [4.69, 9.17) is 0 Å². The summed E-state index contributed by atoms with van der Waals surface area (Å²) in [6, 6.07) is 22.9. The molecule has 0 aliphatic carbocycles. The number of halogens is 1. The van der Waals surface area contributed by atoms with Crippen LogP contribution in [0.4, 0.5) is 0 Å². The molecular formula is C18H14BrN. The Balaban J connectivity index is 1.95. The van der Waals surface area contributed by atoms with Crippen LogP contribution < -0.4 is 0 Å². The van der Waals surface area contributed by atoms with Crippen LogP contribution in [-0.4, -0.2) is 4.98 Å². The van der Waals surface area contributed by atoms with Gasteiger partial charge in [0, 0.05) is 16.2 Å². The minimum Gasteiger partial charge on any atom is -0.255 e. The molecule has 0 saturated heterocycles. The molecule has 3 rings (SSSR count). The topological polar surface area (TPSA) is 12.9 Å². The van der Waals surface area contributed by atoms with Gasteiger partial charge in [-0.25, -0.2) is 0 Å². The zero-order valence-electron chi connectivity index (χ0n) is 11.0. The van der Waals surface area contributed by atoms with E-state index in [1.807, 2.05) is 30.5 Å². The summed E-state index contributed by atoms with van der Waals surface area (Å²) in [5.74, 6) is 0.